The highest BCUT2D eigenvalue weighted by Crippen LogP contribution is 2.30. The summed E-state index contributed by atoms with van der Waals surface area (Å²) in [5.41, 5.74) is 1.15. The molecule has 0 radical (unpaired) electrons. The van der Waals surface area contributed by atoms with Crippen molar-refractivity contribution < 1.29 is 14.6 Å². The van der Waals surface area contributed by atoms with Gasteiger partial charge in [0.1, 0.15) is 18.5 Å². The molecule has 2 saturated heterocycles. The standard InChI is InChI=1S/C20H30N2O3/c1-15-6-3-7-18(12-15)25-14-17(24)13-21-10-4-8-19(21)20-9-5-11-22(20)16(2)23/h3,6-7,12,17,19-20,24H,4-5,8-11,13-14H2,1-2H3/t17-,19-,20-/m1/s1. The normalized spacial score (nSPS) is 25.3. The molecular weight excluding hydrogens is 316 g/mol. The molecule has 3 atom stereocenters. The van der Waals surface area contributed by atoms with Crippen molar-refractivity contribution in [2.45, 2.75) is 57.7 Å². The number of amides is 1. The summed E-state index contributed by atoms with van der Waals surface area (Å²) in [6, 6.07) is 8.57. The maximum atomic E-state index is 11.9. The summed E-state index contributed by atoms with van der Waals surface area (Å²) >= 11 is 0. The van der Waals surface area contributed by atoms with Crippen molar-refractivity contribution >= 4 is 5.91 Å². The van der Waals surface area contributed by atoms with Crippen LogP contribution in [0.15, 0.2) is 24.3 Å². The predicted molar refractivity (Wildman–Crippen MR) is 97.7 cm³/mol. The van der Waals surface area contributed by atoms with Crippen LogP contribution in [0, 0.1) is 6.92 Å². The van der Waals surface area contributed by atoms with Crippen molar-refractivity contribution in [3.8, 4) is 5.75 Å². The Morgan fingerprint density at radius 3 is 2.80 bits per heavy atom. The lowest BCUT2D eigenvalue weighted by atomic mass is 10.0. The van der Waals surface area contributed by atoms with Crippen molar-refractivity contribution in [1.29, 1.82) is 0 Å². The second-order valence-electron chi connectivity index (χ2n) is 7.41. The monoisotopic (exact) mass is 346 g/mol. The van der Waals surface area contributed by atoms with Gasteiger partial charge >= 0.3 is 0 Å². The molecule has 1 aromatic rings. The molecule has 2 aliphatic heterocycles. The fourth-order valence-corrected chi connectivity index (χ4v) is 4.32. The molecule has 0 aromatic heterocycles. The molecule has 1 N–H and O–H groups in total. The lowest BCUT2D eigenvalue weighted by molar-refractivity contribution is -0.130. The van der Waals surface area contributed by atoms with E-state index in [0.29, 0.717) is 25.2 Å². The zero-order valence-corrected chi connectivity index (χ0v) is 15.4. The van der Waals surface area contributed by atoms with Crippen LogP contribution in [0.25, 0.3) is 0 Å². The molecule has 0 aliphatic carbocycles. The van der Waals surface area contributed by atoms with Crippen LogP contribution < -0.4 is 4.74 Å². The van der Waals surface area contributed by atoms with Gasteiger partial charge in [-0.05, 0) is 56.8 Å². The van der Waals surface area contributed by atoms with E-state index in [1.165, 1.54) is 0 Å². The maximum Gasteiger partial charge on any atom is 0.219 e. The molecule has 5 heteroatoms. The summed E-state index contributed by atoms with van der Waals surface area (Å²) in [5.74, 6) is 0.980. The van der Waals surface area contributed by atoms with Gasteiger partial charge in [-0.3, -0.25) is 9.69 Å². The third-order valence-corrected chi connectivity index (χ3v) is 5.44. The van der Waals surface area contributed by atoms with Gasteiger partial charge < -0.3 is 14.7 Å². The number of hydrogen-bond acceptors (Lipinski definition) is 4. The largest absolute Gasteiger partial charge is 0.491 e. The highest BCUT2D eigenvalue weighted by atomic mass is 16.5. The van der Waals surface area contributed by atoms with Crippen LogP contribution in [-0.2, 0) is 4.79 Å². The molecule has 0 spiro atoms. The first-order valence-corrected chi connectivity index (χ1v) is 9.43. The zero-order chi connectivity index (χ0) is 17.8. The van der Waals surface area contributed by atoms with E-state index >= 15 is 0 Å². The smallest absolute Gasteiger partial charge is 0.219 e. The average Bonchev–Trinajstić information content (AvgIpc) is 3.21. The van der Waals surface area contributed by atoms with Crippen molar-refractivity contribution in [3.05, 3.63) is 29.8 Å². The van der Waals surface area contributed by atoms with E-state index < -0.39 is 6.10 Å². The third-order valence-electron chi connectivity index (χ3n) is 5.44. The minimum absolute atomic E-state index is 0.178. The van der Waals surface area contributed by atoms with Gasteiger partial charge in [-0.2, -0.15) is 0 Å². The molecule has 25 heavy (non-hydrogen) atoms. The molecule has 2 heterocycles. The number of aliphatic hydroxyl groups excluding tert-OH is 1. The quantitative estimate of drug-likeness (QED) is 0.858. The number of rotatable bonds is 6. The Balaban J connectivity index is 1.53. The summed E-state index contributed by atoms with van der Waals surface area (Å²) in [4.78, 5) is 16.3. The highest BCUT2D eigenvalue weighted by Gasteiger charge is 2.39. The minimum Gasteiger partial charge on any atom is -0.491 e. The number of β-amino-alcohol motifs (C(OH)–C–C–N with tert-alkyl or cyclic N) is 1. The summed E-state index contributed by atoms with van der Waals surface area (Å²) in [5, 5.41) is 10.4. The molecule has 138 valence electrons. The van der Waals surface area contributed by atoms with Gasteiger partial charge in [-0.1, -0.05) is 12.1 Å². The van der Waals surface area contributed by atoms with E-state index in [-0.39, 0.29) is 5.91 Å². The molecule has 3 rings (SSSR count). The molecule has 2 aliphatic rings. The molecular formula is C20H30N2O3. The Labute approximate surface area is 150 Å². The number of likely N-dealkylation sites (tertiary alicyclic amines) is 2. The van der Waals surface area contributed by atoms with Crippen molar-refractivity contribution in [3.63, 3.8) is 0 Å². The summed E-state index contributed by atoms with van der Waals surface area (Å²) in [6.45, 7) is 6.48. The van der Waals surface area contributed by atoms with Crippen molar-refractivity contribution in [2.75, 3.05) is 26.2 Å². The summed E-state index contributed by atoms with van der Waals surface area (Å²) < 4.78 is 5.74. The molecule has 0 bridgehead atoms. The van der Waals surface area contributed by atoms with E-state index in [0.717, 1.165) is 50.1 Å². The number of carbonyl (C=O) groups excluding carboxylic acids is 1. The first kappa shape index (κ1) is 18.2. The maximum absolute atomic E-state index is 11.9. The van der Waals surface area contributed by atoms with Gasteiger partial charge in [0.25, 0.3) is 0 Å². The Morgan fingerprint density at radius 1 is 1.28 bits per heavy atom. The topological polar surface area (TPSA) is 53.0 Å². The van der Waals surface area contributed by atoms with E-state index in [9.17, 15) is 9.90 Å². The second kappa shape index (κ2) is 8.19. The molecule has 2 fully saturated rings. The fourth-order valence-electron chi connectivity index (χ4n) is 4.32. The van der Waals surface area contributed by atoms with Crippen LogP contribution in [0.1, 0.15) is 38.2 Å². The number of nitrogens with zero attached hydrogens (tertiary/aromatic N) is 2. The van der Waals surface area contributed by atoms with Crippen molar-refractivity contribution in [2.24, 2.45) is 0 Å². The molecule has 5 nitrogen and oxygen atoms in total. The lowest BCUT2D eigenvalue weighted by Crippen LogP contribution is -2.49. The predicted octanol–water partition coefficient (Wildman–Crippen LogP) is 2.21. The van der Waals surface area contributed by atoms with Crippen LogP contribution in [-0.4, -0.2) is 65.2 Å². The van der Waals surface area contributed by atoms with E-state index in [1.54, 1.807) is 6.92 Å². The zero-order valence-electron chi connectivity index (χ0n) is 15.4. The van der Waals surface area contributed by atoms with E-state index in [4.69, 9.17) is 4.74 Å². The Bertz CT molecular complexity index is 592. The number of aliphatic hydroxyl groups is 1. The first-order valence-electron chi connectivity index (χ1n) is 9.43. The lowest BCUT2D eigenvalue weighted by Gasteiger charge is -2.35. The number of benzene rings is 1. The third kappa shape index (κ3) is 4.53. The van der Waals surface area contributed by atoms with Gasteiger partial charge in [0.05, 0.1) is 0 Å². The molecule has 0 saturated carbocycles. The second-order valence-corrected chi connectivity index (χ2v) is 7.41. The average molecular weight is 346 g/mol. The number of carbonyl (C=O) groups is 1. The van der Waals surface area contributed by atoms with Crippen LogP contribution in [0.5, 0.6) is 5.75 Å². The molecule has 1 aromatic carbocycles. The van der Waals surface area contributed by atoms with Gasteiger partial charge in [0.2, 0.25) is 5.91 Å². The highest BCUT2D eigenvalue weighted by molar-refractivity contribution is 5.74. The van der Waals surface area contributed by atoms with E-state index in [2.05, 4.69) is 4.90 Å². The Kier molecular flexibility index (Phi) is 5.97. The van der Waals surface area contributed by atoms with Crippen molar-refractivity contribution in [1.82, 2.24) is 9.80 Å². The number of aryl methyl sites for hydroxylation is 1. The van der Waals surface area contributed by atoms with Crippen LogP contribution in [0.2, 0.25) is 0 Å². The first-order chi connectivity index (χ1) is 12.0. The molecule has 0 unspecified atom stereocenters. The summed E-state index contributed by atoms with van der Waals surface area (Å²) in [6.07, 6.45) is 3.90. The van der Waals surface area contributed by atoms with Gasteiger partial charge in [-0.25, -0.2) is 0 Å². The number of ether oxygens (including phenoxy) is 1. The van der Waals surface area contributed by atoms with Crippen LogP contribution in [0.3, 0.4) is 0 Å². The Hall–Kier alpha value is -1.59. The summed E-state index contributed by atoms with van der Waals surface area (Å²) in [7, 11) is 0. The number of hydrogen-bond donors (Lipinski definition) is 1. The molecule has 1 amide bonds. The van der Waals surface area contributed by atoms with Crippen LogP contribution >= 0.6 is 0 Å². The van der Waals surface area contributed by atoms with Gasteiger partial charge in [0.15, 0.2) is 0 Å². The van der Waals surface area contributed by atoms with E-state index in [1.807, 2.05) is 36.1 Å². The minimum atomic E-state index is -0.520. The van der Waals surface area contributed by atoms with Crippen LogP contribution in [0.4, 0.5) is 0 Å². The fraction of sp³-hybridized carbons (Fsp3) is 0.650. The van der Waals surface area contributed by atoms with Gasteiger partial charge in [-0.15, -0.1) is 0 Å². The SMILES string of the molecule is CC(=O)N1CCC[C@@H]1[C@H]1CCCN1C[C@@H](O)COc1cccc(C)c1. The Morgan fingerprint density at radius 2 is 2.04 bits per heavy atom. The van der Waals surface area contributed by atoms with Gasteiger partial charge in [0, 0.05) is 32.1 Å².